The van der Waals surface area contributed by atoms with E-state index in [9.17, 15) is 4.79 Å². The van der Waals surface area contributed by atoms with Crippen LogP contribution in [0.25, 0.3) is 21.7 Å². The zero-order valence-corrected chi connectivity index (χ0v) is 13.0. The lowest BCUT2D eigenvalue weighted by Crippen LogP contribution is -2.21. The van der Waals surface area contributed by atoms with Crippen molar-refractivity contribution in [1.82, 2.24) is 4.57 Å². The maximum Gasteiger partial charge on any atom is 0.259 e. The highest BCUT2D eigenvalue weighted by atomic mass is 16.1. The molecule has 0 saturated carbocycles. The largest absolute Gasteiger partial charge is 0.303 e. The molecule has 0 unspecified atom stereocenters. The van der Waals surface area contributed by atoms with Crippen molar-refractivity contribution in [3.05, 3.63) is 94.3 Å². The summed E-state index contributed by atoms with van der Waals surface area (Å²) in [5.41, 5.74) is 3.36. The maximum absolute atomic E-state index is 13.0. The molecule has 3 aromatic carbocycles. The smallest absolute Gasteiger partial charge is 0.259 e. The van der Waals surface area contributed by atoms with Crippen LogP contribution in [0.2, 0.25) is 0 Å². The minimum absolute atomic E-state index is 0.0718. The molecule has 4 rings (SSSR count). The van der Waals surface area contributed by atoms with Crippen LogP contribution in [0.1, 0.15) is 11.1 Å². The monoisotopic (exact) mass is 299 g/mol. The summed E-state index contributed by atoms with van der Waals surface area (Å²) < 4.78 is 1.88. The Morgan fingerprint density at radius 1 is 0.783 bits per heavy atom. The third-order valence-corrected chi connectivity index (χ3v) is 4.32. The molecule has 0 aliphatic carbocycles. The van der Waals surface area contributed by atoms with E-state index in [1.807, 2.05) is 53.1 Å². The van der Waals surface area contributed by atoms with Crippen LogP contribution in [0.5, 0.6) is 0 Å². The van der Waals surface area contributed by atoms with Crippen LogP contribution in [0.15, 0.2) is 77.6 Å². The van der Waals surface area contributed by atoms with Gasteiger partial charge in [-0.3, -0.25) is 4.79 Å². The molecule has 1 aromatic heterocycles. The van der Waals surface area contributed by atoms with Crippen molar-refractivity contribution in [2.45, 2.75) is 13.5 Å². The third kappa shape index (κ3) is 2.33. The van der Waals surface area contributed by atoms with E-state index in [2.05, 4.69) is 31.2 Å². The van der Waals surface area contributed by atoms with Crippen molar-refractivity contribution < 1.29 is 0 Å². The highest BCUT2D eigenvalue weighted by Crippen LogP contribution is 2.24. The molecule has 0 spiro atoms. The minimum Gasteiger partial charge on any atom is -0.303 e. The van der Waals surface area contributed by atoms with Crippen molar-refractivity contribution in [3.8, 4) is 0 Å². The van der Waals surface area contributed by atoms with Crippen molar-refractivity contribution in [2.75, 3.05) is 0 Å². The van der Waals surface area contributed by atoms with Gasteiger partial charge in [0.25, 0.3) is 5.56 Å². The van der Waals surface area contributed by atoms with Crippen molar-refractivity contribution in [1.29, 1.82) is 0 Å². The second kappa shape index (κ2) is 5.40. The third-order valence-electron chi connectivity index (χ3n) is 4.32. The van der Waals surface area contributed by atoms with E-state index < -0.39 is 0 Å². The molecular formula is C21H17NO. The normalized spacial score (nSPS) is 11.2. The van der Waals surface area contributed by atoms with Crippen LogP contribution < -0.4 is 5.56 Å². The SMILES string of the molecule is Cc1ccc2c(=O)n(Cc3ccccc3)c3ccccc3c2c1. The number of aryl methyl sites for hydroxylation is 1. The quantitative estimate of drug-likeness (QED) is 0.499. The molecule has 0 bridgehead atoms. The number of para-hydroxylation sites is 1. The van der Waals surface area contributed by atoms with Gasteiger partial charge in [0.15, 0.2) is 0 Å². The van der Waals surface area contributed by atoms with E-state index in [0.717, 1.165) is 27.2 Å². The highest BCUT2D eigenvalue weighted by molar-refractivity contribution is 6.05. The Morgan fingerprint density at radius 3 is 2.35 bits per heavy atom. The van der Waals surface area contributed by atoms with Gasteiger partial charge in [-0.05, 0) is 30.0 Å². The fourth-order valence-electron chi connectivity index (χ4n) is 3.18. The van der Waals surface area contributed by atoms with Crippen molar-refractivity contribution in [3.63, 3.8) is 0 Å². The Morgan fingerprint density at radius 2 is 1.52 bits per heavy atom. The first-order valence-electron chi connectivity index (χ1n) is 7.80. The van der Waals surface area contributed by atoms with E-state index in [0.29, 0.717) is 6.54 Å². The number of nitrogens with zero attached hydrogens (tertiary/aromatic N) is 1. The Balaban J connectivity index is 2.08. The fraction of sp³-hybridized carbons (Fsp3) is 0.0952. The summed E-state index contributed by atoms with van der Waals surface area (Å²) in [6.07, 6.45) is 0. The Labute approximate surface area is 134 Å². The van der Waals surface area contributed by atoms with Crippen LogP contribution in [0, 0.1) is 6.92 Å². The second-order valence-corrected chi connectivity index (χ2v) is 5.94. The van der Waals surface area contributed by atoms with Gasteiger partial charge in [0, 0.05) is 10.8 Å². The van der Waals surface area contributed by atoms with Crippen molar-refractivity contribution >= 4 is 21.7 Å². The second-order valence-electron chi connectivity index (χ2n) is 5.94. The first kappa shape index (κ1) is 13.8. The molecule has 0 atom stereocenters. The molecule has 2 heteroatoms. The molecule has 0 amide bonds. The minimum atomic E-state index is 0.0718. The number of benzene rings is 3. The fourth-order valence-corrected chi connectivity index (χ4v) is 3.18. The summed E-state index contributed by atoms with van der Waals surface area (Å²) in [5.74, 6) is 0. The standard InChI is InChI=1S/C21H17NO/c1-15-11-12-18-19(13-15)17-9-5-6-10-20(17)22(21(18)23)14-16-7-3-2-4-8-16/h2-13H,14H2,1H3. The summed E-state index contributed by atoms with van der Waals surface area (Å²) in [7, 11) is 0. The summed E-state index contributed by atoms with van der Waals surface area (Å²) in [4.78, 5) is 13.0. The van der Waals surface area contributed by atoms with Gasteiger partial charge >= 0.3 is 0 Å². The molecule has 0 aliphatic rings. The lowest BCUT2D eigenvalue weighted by atomic mass is 10.0. The molecule has 1 heterocycles. The van der Waals surface area contributed by atoms with Gasteiger partial charge < -0.3 is 4.57 Å². The van der Waals surface area contributed by atoms with Gasteiger partial charge in [-0.25, -0.2) is 0 Å². The first-order chi connectivity index (χ1) is 11.2. The number of rotatable bonds is 2. The number of hydrogen-bond donors (Lipinski definition) is 0. The van der Waals surface area contributed by atoms with E-state index in [-0.39, 0.29) is 5.56 Å². The highest BCUT2D eigenvalue weighted by Gasteiger charge is 2.10. The molecule has 4 aromatic rings. The molecule has 0 N–H and O–H groups in total. The number of pyridine rings is 1. The van der Waals surface area contributed by atoms with Crippen LogP contribution in [0.4, 0.5) is 0 Å². The van der Waals surface area contributed by atoms with E-state index in [1.54, 1.807) is 0 Å². The molecule has 0 aliphatic heterocycles. The summed E-state index contributed by atoms with van der Waals surface area (Å²) in [6, 6.07) is 24.3. The van der Waals surface area contributed by atoms with Gasteiger partial charge in [0.05, 0.1) is 12.1 Å². The predicted octanol–water partition coefficient (Wildman–Crippen LogP) is 4.51. The molecule has 0 radical (unpaired) electrons. The molecule has 2 nitrogen and oxygen atoms in total. The van der Waals surface area contributed by atoms with Crippen LogP contribution >= 0.6 is 0 Å². The van der Waals surface area contributed by atoms with Gasteiger partial charge in [0.1, 0.15) is 0 Å². The molecule has 112 valence electrons. The van der Waals surface area contributed by atoms with Gasteiger partial charge in [-0.15, -0.1) is 0 Å². The zero-order valence-electron chi connectivity index (χ0n) is 13.0. The summed E-state index contributed by atoms with van der Waals surface area (Å²) >= 11 is 0. The average Bonchev–Trinajstić information content (AvgIpc) is 2.59. The van der Waals surface area contributed by atoms with E-state index >= 15 is 0 Å². The van der Waals surface area contributed by atoms with Crippen LogP contribution in [-0.2, 0) is 6.54 Å². The Bertz CT molecular complexity index is 1060. The van der Waals surface area contributed by atoms with Crippen LogP contribution in [-0.4, -0.2) is 4.57 Å². The van der Waals surface area contributed by atoms with Crippen LogP contribution in [0.3, 0.4) is 0 Å². The van der Waals surface area contributed by atoms with E-state index in [1.165, 1.54) is 5.56 Å². The number of aromatic nitrogens is 1. The number of hydrogen-bond acceptors (Lipinski definition) is 1. The predicted molar refractivity (Wildman–Crippen MR) is 96.0 cm³/mol. The van der Waals surface area contributed by atoms with Crippen molar-refractivity contribution in [2.24, 2.45) is 0 Å². The lowest BCUT2D eigenvalue weighted by molar-refractivity contribution is 0.802. The van der Waals surface area contributed by atoms with E-state index in [4.69, 9.17) is 0 Å². The summed E-state index contributed by atoms with van der Waals surface area (Å²) in [5, 5.41) is 2.95. The Kier molecular flexibility index (Phi) is 3.23. The van der Waals surface area contributed by atoms with Gasteiger partial charge in [-0.2, -0.15) is 0 Å². The molecular weight excluding hydrogens is 282 g/mol. The number of fused-ring (bicyclic) bond motifs is 3. The Hall–Kier alpha value is -2.87. The first-order valence-corrected chi connectivity index (χ1v) is 7.80. The average molecular weight is 299 g/mol. The lowest BCUT2D eigenvalue weighted by Gasteiger charge is -2.13. The molecule has 0 saturated heterocycles. The zero-order chi connectivity index (χ0) is 15.8. The topological polar surface area (TPSA) is 22.0 Å². The maximum atomic E-state index is 13.0. The molecule has 0 fully saturated rings. The summed E-state index contributed by atoms with van der Waals surface area (Å²) in [6.45, 7) is 2.65. The van der Waals surface area contributed by atoms with Gasteiger partial charge in [0.2, 0.25) is 0 Å². The molecule has 23 heavy (non-hydrogen) atoms. The van der Waals surface area contributed by atoms with Gasteiger partial charge in [-0.1, -0.05) is 66.2 Å².